The van der Waals surface area contributed by atoms with Crippen LogP contribution in [-0.2, 0) is 9.53 Å². The number of rotatable bonds is 3. The van der Waals surface area contributed by atoms with Crippen molar-refractivity contribution in [1.82, 2.24) is 10.4 Å². The summed E-state index contributed by atoms with van der Waals surface area (Å²) in [7, 11) is 0. The minimum atomic E-state index is -0.732. The van der Waals surface area contributed by atoms with Crippen molar-refractivity contribution in [3.05, 3.63) is 59.7 Å². The van der Waals surface area contributed by atoms with Crippen molar-refractivity contribution in [2.75, 3.05) is 13.2 Å². The number of nitrogens with one attached hydrogen (secondary N) is 1. The van der Waals surface area contributed by atoms with E-state index in [9.17, 15) is 14.8 Å². The van der Waals surface area contributed by atoms with E-state index in [1.54, 1.807) is 0 Å². The zero-order valence-corrected chi connectivity index (χ0v) is 14.2. The SMILES string of the molecule is O=C(N[C@H]1CCCN(O)C1=O)OCC1c2ccccc2-c2ccccc21. The predicted octanol–water partition coefficient (Wildman–Crippen LogP) is 2.91. The molecule has 4 rings (SSSR count). The van der Waals surface area contributed by atoms with Crippen LogP contribution < -0.4 is 5.32 Å². The lowest BCUT2D eigenvalue weighted by molar-refractivity contribution is -0.172. The first kappa shape index (κ1) is 16.6. The monoisotopic (exact) mass is 352 g/mol. The van der Waals surface area contributed by atoms with Gasteiger partial charge in [-0.25, -0.2) is 9.86 Å². The molecule has 0 aromatic heterocycles. The first-order valence-corrected chi connectivity index (χ1v) is 8.77. The normalized spacial score (nSPS) is 19.0. The Labute approximate surface area is 151 Å². The van der Waals surface area contributed by atoms with Crippen LogP contribution in [0.15, 0.2) is 48.5 Å². The molecule has 6 nitrogen and oxygen atoms in total. The van der Waals surface area contributed by atoms with Crippen molar-refractivity contribution in [2.45, 2.75) is 24.8 Å². The van der Waals surface area contributed by atoms with E-state index in [1.807, 2.05) is 24.3 Å². The molecule has 6 heteroatoms. The number of piperidine rings is 1. The molecule has 0 spiro atoms. The Hall–Kier alpha value is -2.86. The van der Waals surface area contributed by atoms with Crippen LogP contribution >= 0.6 is 0 Å². The molecule has 134 valence electrons. The number of fused-ring (bicyclic) bond motifs is 3. The fourth-order valence-corrected chi connectivity index (χ4v) is 3.77. The van der Waals surface area contributed by atoms with E-state index < -0.39 is 18.0 Å². The summed E-state index contributed by atoms with van der Waals surface area (Å²) < 4.78 is 5.42. The number of carbonyl (C=O) groups excluding carboxylic acids is 2. The van der Waals surface area contributed by atoms with Crippen molar-refractivity contribution in [3.63, 3.8) is 0 Å². The largest absolute Gasteiger partial charge is 0.449 e. The number of alkyl carbamates (subject to hydrolysis) is 1. The highest BCUT2D eigenvalue weighted by Crippen LogP contribution is 2.44. The number of hydroxylamine groups is 2. The van der Waals surface area contributed by atoms with Crippen molar-refractivity contribution < 1.29 is 19.5 Å². The molecule has 1 aliphatic heterocycles. The molecule has 1 fully saturated rings. The third-order valence-electron chi connectivity index (χ3n) is 5.05. The minimum absolute atomic E-state index is 0.0236. The zero-order chi connectivity index (χ0) is 18.1. The molecular weight excluding hydrogens is 332 g/mol. The lowest BCUT2D eigenvalue weighted by Gasteiger charge is -2.27. The number of ether oxygens (including phenoxy) is 1. The zero-order valence-electron chi connectivity index (χ0n) is 14.2. The molecular formula is C20H20N2O4. The fourth-order valence-electron chi connectivity index (χ4n) is 3.77. The van der Waals surface area contributed by atoms with Gasteiger partial charge in [0.2, 0.25) is 0 Å². The first-order valence-electron chi connectivity index (χ1n) is 8.77. The Morgan fingerprint density at radius 3 is 2.38 bits per heavy atom. The van der Waals surface area contributed by atoms with E-state index in [1.165, 1.54) is 0 Å². The van der Waals surface area contributed by atoms with Crippen molar-refractivity contribution in [1.29, 1.82) is 0 Å². The van der Waals surface area contributed by atoms with Gasteiger partial charge in [-0.05, 0) is 35.1 Å². The average Bonchev–Trinajstić information content (AvgIpc) is 2.98. The van der Waals surface area contributed by atoms with Gasteiger partial charge in [0.25, 0.3) is 5.91 Å². The number of amides is 2. The van der Waals surface area contributed by atoms with Crippen LogP contribution in [0, 0.1) is 0 Å². The lowest BCUT2D eigenvalue weighted by Crippen LogP contribution is -2.51. The molecule has 0 bridgehead atoms. The summed E-state index contributed by atoms with van der Waals surface area (Å²) in [6, 6.07) is 15.5. The molecule has 1 heterocycles. The maximum Gasteiger partial charge on any atom is 0.407 e. The Kier molecular flexibility index (Phi) is 4.34. The van der Waals surface area contributed by atoms with Gasteiger partial charge in [-0.2, -0.15) is 0 Å². The molecule has 2 aromatic rings. The molecule has 1 atom stereocenters. The molecule has 2 aliphatic rings. The minimum Gasteiger partial charge on any atom is -0.449 e. The van der Waals surface area contributed by atoms with E-state index in [2.05, 4.69) is 29.6 Å². The maximum atomic E-state index is 12.2. The second kappa shape index (κ2) is 6.80. The van der Waals surface area contributed by atoms with E-state index >= 15 is 0 Å². The number of hydrogen-bond donors (Lipinski definition) is 2. The summed E-state index contributed by atoms with van der Waals surface area (Å²) in [4.78, 5) is 24.0. The molecule has 0 unspecified atom stereocenters. The Morgan fingerprint density at radius 1 is 1.12 bits per heavy atom. The smallest absolute Gasteiger partial charge is 0.407 e. The standard InChI is InChI=1S/C20H20N2O4/c23-19-18(10-5-11-22(19)25)21-20(24)26-12-17-15-8-3-1-6-13(15)14-7-2-4-9-16(14)17/h1-4,6-9,17-18,25H,5,10-12H2,(H,21,24)/t18-/m0/s1. The van der Waals surface area contributed by atoms with E-state index in [-0.39, 0.29) is 12.5 Å². The molecule has 2 N–H and O–H groups in total. The second-order valence-corrected chi connectivity index (χ2v) is 6.63. The van der Waals surface area contributed by atoms with Crippen LogP contribution in [0.5, 0.6) is 0 Å². The summed E-state index contributed by atoms with van der Waals surface area (Å²) in [5.74, 6) is -0.519. The molecule has 1 aliphatic carbocycles. The summed E-state index contributed by atoms with van der Waals surface area (Å²) in [5, 5.41) is 12.7. The van der Waals surface area contributed by atoms with Gasteiger partial charge in [-0.15, -0.1) is 0 Å². The average molecular weight is 352 g/mol. The molecule has 26 heavy (non-hydrogen) atoms. The van der Waals surface area contributed by atoms with E-state index in [4.69, 9.17) is 4.74 Å². The Bertz CT molecular complexity index is 806. The van der Waals surface area contributed by atoms with Gasteiger partial charge < -0.3 is 10.1 Å². The summed E-state index contributed by atoms with van der Waals surface area (Å²) >= 11 is 0. The second-order valence-electron chi connectivity index (χ2n) is 6.63. The highest BCUT2D eigenvalue weighted by molar-refractivity contribution is 5.85. The third kappa shape index (κ3) is 2.93. The van der Waals surface area contributed by atoms with Gasteiger partial charge in [-0.3, -0.25) is 10.0 Å². The van der Waals surface area contributed by atoms with Gasteiger partial charge in [0.15, 0.2) is 0 Å². The summed E-state index contributed by atoms with van der Waals surface area (Å²) in [6.07, 6.45) is 0.497. The van der Waals surface area contributed by atoms with Gasteiger partial charge in [0, 0.05) is 12.5 Å². The lowest BCUT2D eigenvalue weighted by atomic mass is 9.98. The molecule has 1 saturated heterocycles. The van der Waals surface area contributed by atoms with Gasteiger partial charge in [0.1, 0.15) is 12.6 Å². The molecule has 0 radical (unpaired) electrons. The fraction of sp³-hybridized carbons (Fsp3) is 0.300. The topological polar surface area (TPSA) is 78.9 Å². The van der Waals surface area contributed by atoms with E-state index in [0.29, 0.717) is 24.4 Å². The van der Waals surface area contributed by atoms with Crippen LogP contribution in [0.3, 0.4) is 0 Å². The van der Waals surface area contributed by atoms with Crippen LogP contribution in [-0.4, -0.2) is 41.5 Å². The number of carbonyl (C=O) groups is 2. The van der Waals surface area contributed by atoms with Crippen LogP contribution in [0.2, 0.25) is 0 Å². The first-order chi connectivity index (χ1) is 12.6. The molecule has 0 saturated carbocycles. The van der Waals surface area contributed by atoms with Crippen LogP contribution in [0.25, 0.3) is 11.1 Å². The van der Waals surface area contributed by atoms with Gasteiger partial charge in [-0.1, -0.05) is 48.5 Å². The Morgan fingerprint density at radius 2 is 1.73 bits per heavy atom. The number of nitrogens with zero attached hydrogens (tertiary/aromatic N) is 1. The quantitative estimate of drug-likeness (QED) is 0.833. The molecule has 2 amide bonds. The highest BCUT2D eigenvalue weighted by atomic mass is 16.5. The third-order valence-corrected chi connectivity index (χ3v) is 5.05. The molecule has 2 aromatic carbocycles. The van der Waals surface area contributed by atoms with Crippen molar-refractivity contribution in [3.8, 4) is 11.1 Å². The van der Waals surface area contributed by atoms with Crippen LogP contribution in [0.1, 0.15) is 29.9 Å². The van der Waals surface area contributed by atoms with Crippen molar-refractivity contribution in [2.24, 2.45) is 0 Å². The highest BCUT2D eigenvalue weighted by Gasteiger charge is 2.31. The number of hydrogen-bond acceptors (Lipinski definition) is 4. The summed E-state index contributed by atoms with van der Waals surface area (Å²) in [6.45, 7) is 0.491. The maximum absolute atomic E-state index is 12.2. The number of benzene rings is 2. The Balaban J connectivity index is 1.45. The summed E-state index contributed by atoms with van der Waals surface area (Å²) in [5.41, 5.74) is 4.60. The van der Waals surface area contributed by atoms with Crippen LogP contribution in [0.4, 0.5) is 4.79 Å². The predicted molar refractivity (Wildman–Crippen MR) is 94.7 cm³/mol. The van der Waals surface area contributed by atoms with E-state index in [0.717, 1.165) is 22.3 Å². The van der Waals surface area contributed by atoms with Gasteiger partial charge in [0.05, 0.1) is 0 Å². The van der Waals surface area contributed by atoms with Gasteiger partial charge >= 0.3 is 6.09 Å². The van der Waals surface area contributed by atoms with Crippen molar-refractivity contribution >= 4 is 12.0 Å².